The second-order valence-corrected chi connectivity index (χ2v) is 6.70. The topological polar surface area (TPSA) is 71.6 Å². The molecule has 1 aromatic heterocycles. The van der Waals surface area contributed by atoms with E-state index in [1.807, 2.05) is 36.4 Å². The van der Waals surface area contributed by atoms with Crippen molar-refractivity contribution in [3.05, 3.63) is 60.0 Å². The van der Waals surface area contributed by atoms with Gasteiger partial charge in [-0.1, -0.05) is 17.3 Å². The van der Waals surface area contributed by atoms with E-state index in [1.165, 1.54) is 24.9 Å². The first-order chi connectivity index (χ1) is 13.3. The maximum atomic E-state index is 9.06. The van der Waals surface area contributed by atoms with E-state index in [1.54, 1.807) is 0 Å². The smallest absolute Gasteiger partial charge is 0.264 e. The van der Waals surface area contributed by atoms with Crippen LogP contribution in [0.25, 0.3) is 11.4 Å². The minimum absolute atomic E-state index is 0.0177. The molecule has 0 spiro atoms. The Labute approximate surface area is 158 Å². The standard InChI is InChI=1S/C21H23N3O3/c25-14-16-4-10-19(11-5-16)26-15-20-22-21(23-27-20)17-6-8-18(9-7-17)24-12-2-1-3-13-24/h4-11,25H,1-3,12-15H2. The Bertz CT molecular complexity index is 853. The first-order valence-corrected chi connectivity index (χ1v) is 9.32. The highest BCUT2D eigenvalue weighted by atomic mass is 16.5. The molecule has 0 atom stereocenters. The number of aromatic nitrogens is 2. The average Bonchev–Trinajstić information content (AvgIpc) is 3.22. The van der Waals surface area contributed by atoms with Gasteiger partial charge in [-0.2, -0.15) is 4.98 Å². The zero-order valence-corrected chi connectivity index (χ0v) is 15.2. The second kappa shape index (κ2) is 8.22. The van der Waals surface area contributed by atoms with Gasteiger partial charge in [0.25, 0.3) is 5.89 Å². The lowest BCUT2D eigenvalue weighted by Crippen LogP contribution is -2.29. The van der Waals surface area contributed by atoms with E-state index in [0.29, 0.717) is 17.5 Å². The zero-order valence-electron chi connectivity index (χ0n) is 15.2. The lowest BCUT2D eigenvalue weighted by Gasteiger charge is -2.28. The first kappa shape index (κ1) is 17.5. The SMILES string of the molecule is OCc1ccc(OCc2nc(-c3ccc(N4CCCCC4)cc3)no2)cc1. The van der Waals surface area contributed by atoms with E-state index in [9.17, 15) is 0 Å². The van der Waals surface area contributed by atoms with Crippen molar-refractivity contribution in [2.45, 2.75) is 32.5 Å². The molecule has 1 N–H and O–H groups in total. The van der Waals surface area contributed by atoms with Crippen LogP contribution in [0.3, 0.4) is 0 Å². The molecule has 0 unspecified atom stereocenters. The van der Waals surface area contributed by atoms with E-state index in [2.05, 4.69) is 27.2 Å². The van der Waals surface area contributed by atoms with E-state index < -0.39 is 0 Å². The van der Waals surface area contributed by atoms with Crippen LogP contribution in [-0.4, -0.2) is 28.3 Å². The fourth-order valence-corrected chi connectivity index (χ4v) is 3.24. The molecule has 27 heavy (non-hydrogen) atoms. The van der Waals surface area contributed by atoms with Gasteiger partial charge in [-0.3, -0.25) is 0 Å². The number of ether oxygens (including phenoxy) is 1. The quantitative estimate of drug-likeness (QED) is 0.716. The molecule has 0 saturated carbocycles. The minimum Gasteiger partial charge on any atom is -0.484 e. The predicted octanol–water partition coefficient (Wildman–Crippen LogP) is 3.80. The number of aliphatic hydroxyl groups is 1. The van der Waals surface area contributed by atoms with Gasteiger partial charge in [0.1, 0.15) is 5.75 Å². The Balaban J connectivity index is 1.38. The summed E-state index contributed by atoms with van der Waals surface area (Å²) in [6.07, 6.45) is 3.85. The third-order valence-corrected chi connectivity index (χ3v) is 4.78. The number of benzene rings is 2. The number of aliphatic hydroxyl groups excluding tert-OH is 1. The van der Waals surface area contributed by atoms with E-state index in [4.69, 9.17) is 14.4 Å². The lowest BCUT2D eigenvalue weighted by atomic mass is 10.1. The number of rotatable bonds is 6. The summed E-state index contributed by atoms with van der Waals surface area (Å²) in [5.74, 6) is 1.68. The number of hydrogen-bond acceptors (Lipinski definition) is 6. The van der Waals surface area contributed by atoms with Crippen LogP contribution in [0.5, 0.6) is 5.75 Å². The first-order valence-electron chi connectivity index (χ1n) is 9.32. The highest BCUT2D eigenvalue weighted by Gasteiger charge is 2.13. The van der Waals surface area contributed by atoms with Crippen molar-refractivity contribution in [1.29, 1.82) is 0 Å². The number of anilines is 1. The van der Waals surface area contributed by atoms with Gasteiger partial charge in [-0.05, 0) is 61.2 Å². The van der Waals surface area contributed by atoms with E-state index in [0.717, 1.165) is 24.2 Å². The van der Waals surface area contributed by atoms with Crippen molar-refractivity contribution >= 4 is 5.69 Å². The van der Waals surface area contributed by atoms with Crippen LogP contribution in [0.4, 0.5) is 5.69 Å². The fourth-order valence-electron chi connectivity index (χ4n) is 3.24. The van der Waals surface area contributed by atoms with Crippen LogP contribution in [0.1, 0.15) is 30.7 Å². The Morgan fingerprint density at radius 2 is 1.70 bits per heavy atom. The van der Waals surface area contributed by atoms with Gasteiger partial charge in [0.2, 0.25) is 5.82 Å². The van der Waals surface area contributed by atoms with Gasteiger partial charge in [-0.25, -0.2) is 0 Å². The van der Waals surface area contributed by atoms with Crippen molar-refractivity contribution < 1.29 is 14.4 Å². The Kier molecular flexibility index (Phi) is 5.34. The van der Waals surface area contributed by atoms with E-state index in [-0.39, 0.29) is 13.2 Å². The van der Waals surface area contributed by atoms with Crippen LogP contribution in [0.2, 0.25) is 0 Å². The lowest BCUT2D eigenvalue weighted by molar-refractivity contribution is 0.242. The van der Waals surface area contributed by atoms with Crippen molar-refractivity contribution in [2.24, 2.45) is 0 Å². The molecule has 4 rings (SSSR count). The number of hydrogen-bond donors (Lipinski definition) is 1. The Morgan fingerprint density at radius 3 is 2.41 bits per heavy atom. The monoisotopic (exact) mass is 365 g/mol. The number of piperidine rings is 1. The highest BCUT2D eigenvalue weighted by Crippen LogP contribution is 2.24. The largest absolute Gasteiger partial charge is 0.484 e. The van der Waals surface area contributed by atoms with Crippen LogP contribution < -0.4 is 9.64 Å². The molecule has 1 saturated heterocycles. The highest BCUT2D eigenvalue weighted by molar-refractivity contribution is 5.60. The molecule has 6 heteroatoms. The van der Waals surface area contributed by atoms with Gasteiger partial charge >= 0.3 is 0 Å². The maximum absolute atomic E-state index is 9.06. The minimum atomic E-state index is 0.0177. The van der Waals surface area contributed by atoms with Crippen LogP contribution in [-0.2, 0) is 13.2 Å². The van der Waals surface area contributed by atoms with Gasteiger partial charge in [0, 0.05) is 24.3 Å². The van der Waals surface area contributed by atoms with Gasteiger partial charge in [-0.15, -0.1) is 0 Å². The van der Waals surface area contributed by atoms with Gasteiger partial charge in [0.15, 0.2) is 6.61 Å². The molecule has 3 aromatic rings. The van der Waals surface area contributed by atoms with E-state index >= 15 is 0 Å². The molecular weight excluding hydrogens is 342 g/mol. The second-order valence-electron chi connectivity index (χ2n) is 6.70. The summed E-state index contributed by atoms with van der Waals surface area (Å²) in [5, 5.41) is 13.1. The summed E-state index contributed by atoms with van der Waals surface area (Å²) in [6.45, 7) is 2.48. The van der Waals surface area contributed by atoms with Crippen molar-refractivity contribution in [3.63, 3.8) is 0 Å². The summed E-state index contributed by atoms with van der Waals surface area (Å²) in [5.41, 5.74) is 3.02. The summed E-state index contributed by atoms with van der Waals surface area (Å²) in [6, 6.07) is 15.6. The average molecular weight is 365 g/mol. The predicted molar refractivity (Wildman–Crippen MR) is 102 cm³/mol. The molecule has 1 aliphatic rings. The molecule has 0 bridgehead atoms. The van der Waals surface area contributed by atoms with Crippen molar-refractivity contribution in [2.75, 3.05) is 18.0 Å². The maximum Gasteiger partial charge on any atom is 0.264 e. The number of nitrogens with zero attached hydrogens (tertiary/aromatic N) is 3. The van der Waals surface area contributed by atoms with Crippen LogP contribution in [0, 0.1) is 0 Å². The molecule has 2 aromatic carbocycles. The molecule has 0 amide bonds. The molecular formula is C21H23N3O3. The molecule has 0 radical (unpaired) electrons. The van der Waals surface area contributed by atoms with Gasteiger partial charge < -0.3 is 19.3 Å². The summed E-state index contributed by atoms with van der Waals surface area (Å²) in [7, 11) is 0. The fraction of sp³-hybridized carbons (Fsp3) is 0.333. The normalized spacial score (nSPS) is 14.3. The van der Waals surface area contributed by atoms with Crippen LogP contribution in [0.15, 0.2) is 53.1 Å². The molecule has 6 nitrogen and oxygen atoms in total. The van der Waals surface area contributed by atoms with Gasteiger partial charge in [0.05, 0.1) is 6.61 Å². The zero-order chi connectivity index (χ0) is 18.5. The third-order valence-electron chi connectivity index (χ3n) is 4.78. The van der Waals surface area contributed by atoms with Crippen molar-refractivity contribution in [1.82, 2.24) is 10.1 Å². The summed E-state index contributed by atoms with van der Waals surface area (Å²) >= 11 is 0. The Morgan fingerprint density at radius 1 is 0.963 bits per heavy atom. The van der Waals surface area contributed by atoms with Crippen LogP contribution >= 0.6 is 0 Å². The molecule has 0 aliphatic carbocycles. The molecule has 2 heterocycles. The summed E-state index contributed by atoms with van der Waals surface area (Å²) in [4.78, 5) is 6.84. The van der Waals surface area contributed by atoms with Crippen molar-refractivity contribution in [3.8, 4) is 17.1 Å². The molecule has 1 fully saturated rings. The summed E-state index contributed by atoms with van der Waals surface area (Å²) < 4.78 is 11.0. The third kappa shape index (κ3) is 4.28. The molecule has 140 valence electrons. The molecule has 1 aliphatic heterocycles. The Hall–Kier alpha value is -2.86.